The molecule has 2 rings (SSSR count). The number of ether oxygens (including phenoxy) is 1. The quantitative estimate of drug-likeness (QED) is 0.643. The molecule has 1 aliphatic rings. The minimum atomic E-state index is -0.311. The standard InChI is InChI=1S/C14H22N2O2S2/c1-4-18-14(17)12-10(15)11(19-3)13(20-12)16(2)8-9-6-5-7-9/h9H,4-8,15H2,1-3H3. The number of hydrogen-bond donors (Lipinski definition) is 1. The van der Waals surface area contributed by atoms with Crippen LogP contribution in [0.1, 0.15) is 35.9 Å². The van der Waals surface area contributed by atoms with Gasteiger partial charge in [0.2, 0.25) is 0 Å². The van der Waals surface area contributed by atoms with Crippen molar-refractivity contribution >= 4 is 39.8 Å². The molecule has 0 saturated heterocycles. The minimum Gasteiger partial charge on any atom is -0.462 e. The fourth-order valence-electron chi connectivity index (χ4n) is 2.36. The Morgan fingerprint density at radius 3 is 2.75 bits per heavy atom. The van der Waals surface area contributed by atoms with Gasteiger partial charge in [0.1, 0.15) is 9.88 Å². The van der Waals surface area contributed by atoms with Crippen molar-refractivity contribution < 1.29 is 9.53 Å². The zero-order valence-corrected chi connectivity index (χ0v) is 13.9. The van der Waals surface area contributed by atoms with Crippen LogP contribution in [-0.4, -0.2) is 32.4 Å². The van der Waals surface area contributed by atoms with Crippen LogP contribution in [0.3, 0.4) is 0 Å². The molecule has 0 atom stereocenters. The zero-order chi connectivity index (χ0) is 14.7. The van der Waals surface area contributed by atoms with Crippen LogP contribution in [0.5, 0.6) is 0 Å². The molecule has 0 radical (unpaired) electrons. The smallest absolute Gasteiger partial charge is 0.350 e. The van der Waals surface area contributed by atoms with E-state index in [1.807, 2.05) is 6.26 Å². The predicted octanol–water partition coefficient (Wildman–Crippen LogP) is 3.47. The number of carbonyl (C=O) groups excluding carboxylic acids is 1. The van der Waals surface area contributed by atoms with Crippen LogP contribution >= 0.6 is 23.1 Å². The first kappa shape index (κ1) is 15.5. The molecule has 0 bridgehead atoms. The molecule has 2 N–H and O–H groups in total. The lowest BCUT2D eigenvalue weighted by molar-refractivity contribution is 0.0533. The van der Waals surface area contributed by atoms with Gasteiger partial charge in [0, 0.05) is 13.6 Å². The number of anilines is 2. The lowest BCUT2D eigenvalue weighted by Crippen LogP contribution is -2.29. The SMILES string of the molecule is CCOC(=O)c1sc(N(C)CC2CCC2)c(SC)c1N. The molecular formula is C14H22N2O2S2. The number of thiophene rings is 1. The molecule has 1 aromatic rings. The monoisotopic (exact) mass is 314 g/mol. The largest absolute Gasteiger partial charge is 0.462 e. The Morgan fingerprint density at radius 2 is 2.25 bits per heavy atom. The van der Waals surface area contributed by atoms with E-state index in [2.05, 4.69) is 11.9 Å². The van der Waals surface area contributed by atoms with Gasteiger partial charge in [0.05, 0.1) is 17.2 Å². The van der Waals surface area contributed by atoms with E-state index >= 15 is 0 Å². The third-order valence-corrected chi connectivity index (χ3v) is 5.90. The molecule has 0 spiro atoms. The van der Waals surface area contributed by atoms with Crippen LogP contribution in [-0.2, 0) is 4.74 Å². The van der Waals surface area contributed by atoms with Gasteiger partial charge in [-0.05, 0) is 31.9 Å². The van der Waals surface area contributed by atoms with Gasteiger partial charge in [-0.1, -0.05) is 6.42 Å². The first-order valence-corrected chi connectivity index (χ1v) is 8.97. The van der Waals surface area contributed by atoms with Crippen molar-refractivity contribution in [2.24, 2.45) is 5.92 Å². The Balaban J connectivity index is 2.22. The first-order chi connectivity index (χ1) is 9.58. The van der Waals surface area contributed by atoms with Crippen molar-refractivity contribution in [1.29, 1.82) is 0 Å². The highest BCUT2D eigenvalue weighted by molar-refractivity contribution is 7.99. The highest BCUT2D eigenvalue weighted by atomic mass is 32.2. The second-order valence-corrected chi connectivity index (χ2v) is 6.90. The number of nitrogens with zero attached hydrogens (tertiary/aromatic N) is 1. The Bertz CT molecular complexity index is 484. The molecule has 4 nitrogen and oxygen atoms in total. The summed E-state index contributed by atoms with van der Waals surface area (Å²) in [4.78, 5) is 15.7. The van der Waals surface area contributed by atoms with Gasteiger partial charge in [0.15, 0.2) is 0 Å². The number of nitrogens with two attached hydrogens (primary N) is 1. The van der Waals surface area contributed by atoms with Gasteiger partial charge < -0.3 is 15.4 Å². The highest BCUT2D eigenvalue weighted by Crippen LogP contribution is 2.44. The lowest BCUT2D eigenvalue weighted by atomic mass is 9.85. The average Bonchev–Trinajstić information content (AvgIpc) is 2.71. The van der Waals surface area contributed by atoms with Gasteiger partial charge in [-0.25, -0.2) is 4.79 Å². The van der Waals surface area contributed by atoms with Crippen molar-refractivity contribution in [1.82, 2.24) is 0 Å². The Morgan fingerprint density at radius 1 is 1.55 bits per heavy atom. The number of esters is 1. The van der Waals surface area contributed by atoms with Crippen molar-refractivity contribution in [3.63, 3.8) is 0 Å². The summed E-state index contributed by atoms with van der Waals surface area (Å²) in [5, 5.41) is 1.09. The molecule has 1 heterocycles. The van der Waals surface area contributed by atoms with Crippen molar-refractivity contribution in [2.45, 2.75) is 31.1 Å². The molecule has 1 aromatic heterocycles. The third kappa shape index (κ3) is 3.06. The molecule has 1 fully saturated rings. The molecule has 0 aromatic carbocycles. The molecule has 0 unspecified atom stereocenters. The van der Waals surface area contributed by atoms with Gasteiger partial charge in [-0.2, -0.15) is 0 Å². The van der Waals surface area contributed by atoms with E-state index in [0.29, 0.717) is 17.2 Å². The van der Waals surface area contributed by atoms with E-state index in [4.69, 9.17) is 10.5 Å². The van der Waals surface area contributed by atoms with E-state index in [-0.39, 0.29) is 5.97 Å². The summed E-state index contributed by atoms with van der Waals surface area (Å²) in [7, 11) is 2.08. The lowest BCUT2D eigenvalue weighted by Gasteiger charge is -2.31. The van der Waals surface area contributed by atoms with Gasteiger partial charge >= 0.3 is 5.97 Å². The fourth-order valence-corrected chi connectivity index (χ4v) is 4.43. The number of thioether (sulfide) groups is 1. The van der Waals surface area contributed by atoms with E-state index in [0.717, 1.165) is 22.4 Å². The second-order valence-electron chi connectivity index (χ2n) is 5.08. The molecule has 20 heavy (non-hydrogen) atoms. The zero-order valence-electron chi connectivity index (χ0n) is 12.3. The van der Waals surface area contributed by atoms with Gasteiger partial charge in [-0.3, -0.25) is 0 Å². The van der Waals surface area contributed by atoms with Crippen molar-refractivity contribution in [2.75, 3.05) is 37.1 Å². The van der Waals surface area contributed by atoms with E-state index in [1.165, 1.54) is 30.6 Å². The molecular weight excluding hydrogens is 292 g/mol. The maximum Gasteiger partial charge on any atom is 0.350 e. The van der Waals surface area contributed by atoms with Crippen LogP contribution in [0.2, 0.25) is 0 Å². The normalized spacial score (nSPS) is 14.9. The van der Waals surface area contributed by atoms with Crippen molar-refractivity contribution in [3.8, 4) is 0 Å². The Labute approximate surface area is 128 Å². The second kappa shape index (κ2) is 6.72. The van der Waals surface area contributed by atoms with E-state index in [1.54, 1.807) is 18.7 Å². The maximum absolute atomic E-state index is 11.9. The summed E-state index contributed by atoms with van der Waals surface area (Å²) >= 11 is 3.04. The summed E-state index contributed by atoms with van der Waals surface area (Å²) in [5.74, 6) is 0.470. The topological polar surface area (TPSA) is 55.6 Å². The minimum absolute atomic E-state index is 0.311. The van der Waals surface area contributed by atoms with Crippen LogP contribution < -0.4 is 10.6 Å². The maximum atomic E-state index is 11.9. The summed E-state index contributed by atoms with van der Waals surface area (Å²) in [5.41, 5.74) is 6.69. The van der Waals surface area contributed by atoms with Gasteiger partial charge in [0.25, 0.3) is 0 Å². The summed E-state index contributed by atoms with van der Waals surface area (Å²) in [6.07, 6.45) is 5.96. The number of rotatable bonds is 6. The molecule has 0 amide bonds. The Hall–Kier alpha value is -0.880. The molecule has 6 heteroatoms. The summed E-state index contributed by atoms with van der Waals surface area (Å²) < 4.78 is 5.08. The van der Waals surface area contributed by atoms with E-state index < -0.39 is 0 Å². The van der Waals surface area contributed by atoms with Crippen LogP contribution in [0.25, 0.3) is 0 Å². The fraction of sp³-hybridized carbons (Fsp3) is 0.643. The van der Waals surface area contributed by atoms with Crippen molar-refractivity contribution in [3.05, 3.63) is 4.88 Å². The van der Waals surface area contributed by atoms with Gasteiger partial charge in [-0.15, -0.1) is 23.1 Å². The Kier molecular flexibility index (Phi) is 5.21. The molecule has 1 saturated carbocycles. The highest BCUT2D eigenvalue weighted by Gasteiger charge is 2.26. The molecule has 112 valence electrons. The number of hydrogen-bond acceptors (Lipinski definition) is 6. The van der Waals surface area contributed by atoms with Crippen LogP contribution in [0, 0.1) is 5.92 Å². The first-order valence-electron chi connectivity index (χ1n) is 6.93. The number of carbonyl (C=O) groups is 1. The molecule has 1 aliphatic carbocycles. The van der Waals surface area contributed by atoms with E-state index in [9.17, 15) is 4.79 Å². The average molecular weight is 314 g/mol. The summed E-state index contributed by atoms with van der Waals surface area (Å²) in [6.45, 7) is 3.22. The summed E-state index contributed by atoms with van der Waals surface area (Å²) in [6, 6.07) is 0. The molecule has 0 aliphatic heterocycles. The van der Waals surface area contributed by atoms with Crippen LogP contribution in [0.4, 0.5) is 10.7 Å². The predicted molar refractivity (Wildman–Crippen MR) is 87.1 cm³/mol. The van der Waals surface area contributed by atoms with Crippen LogP contribution in [0.15, 0.2) is 4.90 Å². The number of nitrogen functional groups attached to an aromatic ring is 1. The third-order valence-electron chi connectivity index (χ3n) is 3.65.